The van der Waals surface area contributed by atoms with Crippen LogP contribution in [0.4, 0.5) is 5.69 Å². The van der Waals surface area contributed by atoms with Gasteiger partial charge in [-0.25, -0.2) is 0 Å². The fourth-order valence-electron chi connectivity index (χ4n) is 1.89. The Morgan fingerprint density at radius 1 is 1.00 bits per heavy atom. The van der Waals surface area contributed by atoms with E-state index in [1.54, 1.807) is 30.3 Å². The molecule has 0 atom stereocenters. The van der Waals surface area contributed by atoms with Gasteiger partial charge in [0.15, 0.2) is 6.61 Å². The quantitative estimate of drug-likeness (QED) is 0.653. The molecule has 128 valence electrons. The van der Waals surface area contributed by atoms with E-state index in [9.17, 15) is 4.79 Å². The minimum Gasteiger partial charge on any atom is -0.494 e. The monoisotopic (exact) mass is 367 g/mol. The molecule has 24 heavy (non-hydrogen) atoms. The van der Waals surface area contributed by atoms with E-state index in [1.165, 1.54) is 0 Å². The Morgan fingerprint density at radius 2 is 1.67 bits per heavy atom. The van der Waals surface area contributed by atoms with E-state index in [4.69, 9.17) is 32.7 Å². The topological polar surface area (TPSA) is 47.6 Å². The highest BCUT2D eigenvalue weighted by Gasteiger charge is 2.06. The van der Waals surface area contributed by atoms with Crippen molar-refractivity contribution in [2.75, 3.05) is 18.5 Å². The smallest absolute Gasteiger partial charge is 0.262 e. The van der Waals surface area contributed by atoms with Crippen LogP contribution >= 0.6 is 23.2 Å². The van der Waals surface area contributed by atoms with Crippen molar-refractivity contribution in [3.8, 4) is 11.5 Å². The van der Waals surface area contributed by atoms with Crippen LogP contribution in [0.2, 0.25) is 10.0 Å². The van der Waals surface area contributed by atoms with Crippen molar-refractivity contribution in [1.29, 1.82) is 0 Å². The third kappa shape index (κ3) is 5.95. The molecule has 2 rings (SSSR count). The molecular weight excluding hydrogens is 349 g/mol. The van der Waals surface area contributed by atoms with Crippen molar-refractivity contribution >= 4 is 34.8 Å². The van der Waals surface area contributed by atoms with Crippen LogP contribution in [-0.4, -0.2) is 19.1 Å². The standard InChI is InChI=1S/C18H19Cl2NO3/c1-2-3-10-23-14-5-7-15(8-6-14)24-12-18(22)21-13-4-9-16(19)17(20)11-13/h4-9,11H,2-3,10,12H2,1H3,(H,21,22). The van der Waals surface area contributed by atoms with Gasteiger partial charge in [0, 0.05) is 5.69 Å². The lowest BCUT2D eigenvalue weighted by Crippen LogP contribution is -2.20. The Kier molecular flexibility index (Phi) is 7.22. The molecule has 1 amide bonds. The van der Waals surface area contributed by atoms with Gasteiger partial charge in [-0.1, -0.05) is 36.5 Å². The van der Waals surface area contributed by atoms with Crippen LogP contribution in [0.1, 0.15) is 19.8 Å². The number of anilines is 1. The van der Waals surface area contributed by atoms with Gasteiger partial charge in [0.2, 0.25) is 0 Å². The van der Waals surface area contributed by atoms with Crippen molar-refractivity contribution in [2.24, 2.45) is 0 Å². The molecule has 0 saturated carbocycles. The van der Waals surface area contributed by atoms with Gasteiger partial charge in [-0.2, -0.15) is 0 Å². The number of carbonyl (C=O) groups is 1. The number of ether oxygens (including phenoxy) is 2. The molecule has 0 spiro atoms. The molecule has 2 aromatic rings. The summed E-state index contributed by atoms with van der Waals surface area (Å²) in [4.78, 5) is 11.9. The number of hydrogen-bond donors (Lipinski definition) is 1. The number of rotatable bonds is 8. The minimum atomic E-state index is -0.281. The van der Waals surface area contributed by atoms with Crippen LogP contribution in [0.5, 0.6) is 11.5 Å². The molecule has 0 unspecified atom stereocenters. The van der Waals surface area contributed by atoms with Crippen LogP contribution in [-0.2, 0) is 4.79 Å². The molecule has 2 aromatic carbocycles. The molecular formula is C18H19Cl2NO3. The number of hydrogen-bond acceptors (Lipinski definition) is 3. The molecule has 1 N–H and O–H groups in total. The van der Waals surface area contributed by atoms with E-state index in [2.05, 4.69) is 12.2 Å². The highest BCUT2D eigenvalue weighted by molar-refractivity contribution is 6.42. The second-order valence-electron chi connectivity index (χ2n) is 5.14. The summed E-state index contributed by atoms with van der Waals surface area (Å²) in [6.45, 7) is 2.71. The van der Waals surface area contributed by atoms with Gasteiger partial charge >= 0.3 is 0 Å². The van der Waals surface area contributed by atoms with E-state index in [1.807, 2.05) is 12.1 Å². The summed E-state index contributed by atoms with van der Waals surface area (Å²) in [6, 6.07) is 12.1. The zero-order chi connectivity index (χ0) is 17.4. The molecule has 0 aliphatic rings. The normalized spacial score (nSPS) is 10.3. The first-order chi connectivity index (χ1) is 11.6. The highest BCUT2D eigenvalue weighted by atomic mass is 35.5. The second-order valence-corrected chi connectivity index (χ2v) is 5.95. The summed E-state index contributed by atoms with van der Waals surface area (Å²) < 4.78 is 11.0. The fourth-order valence-corrected chi connectivity index (χ4v) is 2.18. The summed E-state index contributed by atoms with van der Waals surface area (Å²) in [5.74, 6) is 1.11. The molecule has 0 aromatic heterocycles. The van der Waals surface area contributed by atoms with E-state index >= 15 is 0 Å². The predicted octanol–water partition coefficient (Wildman–Crippen LogP) is 5.19. The lowest BCUT2D eigenvalue weighted by atomic mass is 10.3. The first-order valence-electron chi connectivity index (χ1n) is 7.69. The first kappa shape index (κ1) is 18.4. The maximum Gasteiger partial charge on any atom is 0.262 e. The zero-order valence-corrected chi connectivity index (χ0v) is 14.9. The van der Waals surface area contributed by atoms with Gasteiger partial charge in [0.25, 0.3) is 5.91 Å². The van der Waals surface area contributed by atoms with E-state index in [0.29, 0.717) is 28.1 Å². The van der Waals surface area contributed by atoms with Crippen molar-refractivity contribution < 1.29 is 14.3 Å². The molecule has 0 fully saturated rings. The van der Waals surface area contributed by atoms with Crippen LogP contribution < -0.4 is 14.8 Å². The molecule has 0 aliphatic carbocycles. The van der Waals surface area contributed by atoms with E-state index < -0.39 is 0 Å². The average molecular weight is 368 g/mol. The van der Waals surface area contributed by atoms with Gasteiger partial charge in [-0.3, -0.25) is 4.79 Å². The average Bonchev–Trinajstić information content (AvgIpc) is 2.58. The molecule has 6 heteroatoms. The largest absolute Gasteiger partial charge is 0.494 e. The molecule has 0 bridgehead atoms. The van der Waals surface area contributed by atoms with Gasteiger partial charge in [-0.05, 0) is 48.9 Å². The van der Waals surface area contributed by atoms with Crippen molar-refractivity contribution in [1.82, 2.24) is 0 Å². The van der Waals surface area contributed by atoms with Crippen LogP contribution in [0.25, 0.3) is 0 Å². The summed E-state index contributed by atoms with van der Waals surface area (Å²) in [7, 11) is 0. The lowest BCUT2D eigenvalue weighted by molar-refractivity contribution is -0.118. The number of carbonyl (C=O) groups excluding carboxylic acids is 1. The lowest BCUT2D eigenvalue weighted by Gasteiger charge is -2.09. The van der Waals surface area contributed by atoms with Crippen LogP contribution in [0.3, 0.4) is 0 Å². The Labute approximate surface area is 151 Å². The van der Waals surface area contributed by atoms with E-state index in [-0.39, 0.29) is 12.5 Å². The molecule has 0 aliphatic heterocycles. The minimum absolute atomic E-state index is 0.101. The molecule has 4 nitrogen and oxygen atoms in total. The van der Waals surface area contributed by atoms with Gasteiger partial charge in [0.1, 0.15) is 11.5 Å². The predicted molar refractivity (Wildman–Crippen MR) is 97.4 cm³/mol. The van der Waals surface area contributed by atoms with Crippen LogP contribution in [0, 0.1) is 0 Å². The van der Waals surface area contributed by atoms with Crippen molar-refractivity contribution in [2.45, 2.75) is 19.8 Å². The van der Waals surface area contributed by atoms with Gasteiger partial charge in [0.05, 0.1) is 16.7 Å². The van der Waals surface area contributed by atoms with Gasteiger partial charge in [-0.15, -0.1) is 0 Å². The number of halogens is 2. The van der Waals surface area contributed by atoms with Crippen molar-refractivity contribution in [3.63, 3.8) is 0 Å². The number of amides is 1. The second kappa shape index (κ2) is 9.40. The molecule has 0 saturated heterocycles. The SMILES string of the molecule is CCCCOc1ccc(OCC(=O)Nc2ccc(Cl)c(Cl)c2)cc1. The summed E-state index contributed by atoms with van der Waals surface area (Å²) in [6.07, 6.45) is 2.11. The Balaban J connectivity index is 1.79. The zero-order valence-electron chi connectivity index (χ0n) is 13.4. The fraction of sp³-hybridized carbons (Fsp3) is 0.278. The maximum atomic E-state index is 11.9. The summed E-state index contributed by atoms with van der Waals surface area (Å²) >= 11 is 11.7. The summed E-state index contributed by atoms with van der Waals surface area (Å²) in [5, 5.41) is 3.51. The number of unbranched alkanes of at least 4 members (excludes halogenated alkanes) is 1. The molecule has 0 heterocycles. The summed E-state index contributed by atoms with van der Waals surface area (Å²) in [5.41, 5.74) is 0.567. The Hall–Kier alpha value is -1.91. The number of benzene rings is 2. The Morgan fingerprint density at radius 3 is 2.29 bits per heavy atom. The third-order valence-electron chi connectivity index (χ3n) is 3.16. The first-order valence-corrected chi connectivity index (χ1v) is 8.44. The van der Waals surface area contributed by atoms with Gasteiger partial charge < -0.3 is 14.8 Å². The Bertz CT molecular complexity index is 674. The van der Waals surface area contributed by atoms with Crippen LogP contribution in [0.15, 0.2) is 42.5 Å². The highest BCUT2D eigenvalue weighted by Crippen LogP contribution is 2.25. The number of nitrogens with one attached hydrogen (secondary N) is 1. The third-order valence-corrected chi connectivity index (χ3v) is 3.90. The van der Waals surface area contributed by atoms with Crippen molar-refractivity contribution in [3.05, 3.63) is 52.5 Å². The maximum absolute atomic E-state index is 11.9. The molecule has 0 radical (unpaired) electrons. The van der Waals surface area contributed by atoms with E-state index in [0.717, 1.165) is 18.6 Å².